The van der Waals surface area contributed by atoms with E-state index in [1.165, 1.54) is 6.07 Å². The van der Waals surface area contributed by atoms with Crippen LogP contribution in [0.1, 0.15) is 10.4 Å². The fraction of sp³-hybridized carbons (Fsp3) is 0.364. The molecule has 1 saturated heterocycles. The fourth-order valence-electron chi connectivity index (χ4n) is 1.80. The summed E-state index contributed by atoms with van der Waals surface area (Å²) in [7, 11) is -0.772. The van der Waals surface area contributed by atoms with Crippen molar-refractivity contribution in [2.75, 3.05) is 29.5 Å². The second kappa shape index (κ2) is 4.74. The molecule has 1 aliphatic rings. The van der Waals surface area contributed by atoms with Gasteiger partial charge in [0.25, 0.3) is 0 Å². The van der Waals surface area contributed by atoms with Crippen molar-refractivity contribution in [3.05, 3.63) is 29.6 Å². The third-order valence-corrected chi connectivity index (χ3v) is 3.94. The molecule has 0 spiro atoms. The fourth-order valence-corrected chi connectivity index (χ4v) is 2.85. The van der Waals surface area contributed by atoms with Crippen molar-refractivity contribution in [2.45, 2.75) is 0 Å². The van der Waals surface area contributed by atoms with Crippen LogP contribution in [-0.4, -0.2) is 35.1 Å². The highest BCUT2D eigenvalue weighted by Gasteiger charge is 2.19. The quantitative estimate of drug-likeness (QED) is 0.730. The smallest absolute Gasteiger partial charge is 0.155 e. The first-order valence-corrected chi connectivity index (χ1v) is 6.55. The maximum atomic E-state index is 13.4. The average molecular weight is 241 g/mol. The first-order chi connectivity index (χ1) is 7.72. The molecule has 1 heterocycles. The predicted molar refractivity (Wildman–Crippen MR) is 61.9 cm³/mol. The molecule has 0 amide bonds. The normalized spacial score (nSPS) is 17.4. The number of rotatable bonds is 2. The van der Waals surface area contributed by atoms with Gasteiger partial charge in [-0.2, -0.15) is 0 Å². The van der Waals surface area contributed by atoms with Gasteiger partial charge in [0, 0.05) is 35.4 Å². The van der Waals surface area contributed by atoms with Crippen LogP contribution < -0.4 is 4.90 Å². The van der Waals surface area contributed by atoms with Gasteiger partial charge in [-0.1, -0.05) is 6.07 Å². The maximum absolute atomic E-state index is 13.4. The molecule has 1 aliphatic heterocycles. The van der Waals surface area contributed by atoms with Gasteiger partial charge in [0.2, 0.25) is 0 Å². The van der Waals surface area contributed by atoms with E-state index in [-0.39, 0.29) is 5.56 Å². The minimum Gasteiger partial charge on any atom is -0.369 e. The van der Waals surface area contributed by atoms with E-state index in [9.17, 15) is 13.4 Å². The number of anilines is 1. The zero-order chi connectivity index (χ0) is 11.5. The second-order valence-corrected chi connectivity index (χ2v) is 5.32. The summed E-state index contributed by atoms with van der Waals surface area (Å²) in [6, 6.07) is 4.58. The summed E-state index contributed by atoms with van der Waals surface area (Å²) >= 11 is 0. The SMILES string of the molecule is O=Cc1c(F)cccc1N1CCS(=O)CC1. The maximum Gasteiger partial charge on any atom is 0.155 e. The molecule has 0 saturated carbocycles. The number of carbonyl (C=O) groups excluding carboxylic acids is 1. The van der Waals surface area contributed by atoms with E-state index in [4.69, 9.17) is 0 Å². The molecule has 1 aromatic carbocycles. The van der Waals surface area contributed by atoms with Crippen LogP contribution in [0.15, 0.2) is 18.2 Å². The Balaban J connectivity index is 2.29. The molecule has 2 rings (SSSR count). The Morgan fingerprint density at radius 3 is 2.62 bits per heavy atom. The van der Waals surface area contributed by atoms with Gasteiger partial charge in [-0.25, -0.2) is 4.39 Å². The van der Waals surface area contributed by atoms with Crippen molar-refractivity contribution < 1.29 is 13.4 Å². The van der Waals surface area contributed by atoms with Crippen LogP contribution in [0.2, 0.25) is 0 Å². The molecule has 16 heavy (non-hydrogen) atoms. The van der Waals surface area contributed by atoms with Gasteiger partial charge in [-0.05, 0) is 12.1 Å². The van der Waals surface area contributed by atoms with Crippen LogP contribution >= 0.6 is 0 Å². The van der Waals surface area contributed by atoms with Crippen LogP contribution in [-0.2, 0) is 10.8 Å². The Morgan fingerprint density at radius 1 is 1.31 bits per heavy atom. The van der Waals surface area contributed by atoms with Crippen molar-refractivity contribution in [1.82, 2.24) is 0 Å². The highest BCUT2D eigenvalue weighted by molar-refractivity contribution is 7.85. The van der Waals surface area contributed by atoms with Gasteiger partial charge < -0.3 is 4.90 Å². The summed E-state index contributed by atoms with van der Waals surface area (Å²) in [6.45, 7) is 1.22. The average Bonchev–Trinajstić information content (AvgIpc) is 2.30. The van der Waals surface area contributed by atoms with Gasteiger partial charge in [0.05, 0.1) is 11.3 Å². The Hall–Kier alpha value is -1.23. The van der Waals surface area contributed by atoms with Gasteiger partial charge >= 0.3 is 0 Å². The van der Waals surface area contributed by atoms with Crippen molar-refractivity contribution in [3.63, 3.8) is 0 Å². The molecule has 0 unspecified atom stereocenters. The lowest BCUT2D eigenvalue weighted by Gasteiger charge is -2.29. The largest absolute Gasteiger partial charge is 0.369 e. The first kappa shape index (κ1) is 11.3. The number of aldehydes is 1. The highest BCUT2D eigenvalue weighted by Crippen LogP contribution is 2.22. The summed E-state index contributed by atoms with van der Waals surface area (Å²) in [4.78, 5) is 12.7. The summed E-state index contributed by atoms with van der Waals surface area (Å²) < 4.78 is 24.6. The molecule has 0 N–H and O–H groups in total. The Bertz CT molecular complexity index is 426. The van der Waals surface area contributed by atoms with Crippen LogP contribution in [0.4, 0.5) is 10.1 Å². The van der Waals surface area contributed by atoms with Gasteiger partial charge in [0.1, 0.15) is 5.82 Å². The Morgan fingerprint density at radius 2 is 2.00 bits per heavy atom. The zero-order valence-electron chi connectivity index (χ0n) is 8.69. The molecule has 1 aromatic rings. The van der Waals surface area contributed by atoms with E-state index in [1.807, 2.05) is 4.90 Å². The molecule has 3 nitrogen and oxygen atoms in total. The Labute approximate surface area is 95.7 Å². The predicted octanol–water partition coefficient (Wildman–Crippen LogP) is 1.21. The molecule has 86 valence electrons. The first-order valence-electron chi connectivity index (χ1n) is 5.06. The van der Waals surface area contributed by atoms with Crippen LogP contribution in [0.5, 0.6) is 0 Å². The minimum atomic E-state index is -0.772. The Kier molecular flexibility index (Phi) is 3.33. The molecule has 5 heteroatoms. The molecular formula is C11H12FNO2S. The molecule has 0 aliphatic carbocycles. The van der Waals surface area contributed by atoms with Crippen molar-refractivity contribution in [2.24, 2.45) is 0 Å². The lowest BCUT2D eigenvalue weighted by molar-refractivity contribution is 0.112. The van der Waals surface area contributed by atoms with E-state index < -0.39 is 16.6 Å². The molecule has 0 aromatic heterocycles. The van der Waals surface area contributed by atoms with E-state index in [1.54, 1.807) is 12.1 Å². The van der Waals surface area contributed by atoms with Crippen LogP contribution in [0.3, 0.4) is 0 Å². The minimum absolute atomic E-state index is 0.0928. The molecular weight excluding hydrogens is 229 g/mol. The summed E-state index contributed by atoms with van der Waals surface area (Å²) in [5.41, 5.74) is 0.696. The monoisotopic (exact) mass is 241 g/mol. The third-order valence-electron chi connectivity index (χ3n) is 2.67. The van der Waals surface area contributed by atoms with Crippen LogP contribution in [0.25, 0.3) is 0 Å². The summed E-state index contributed by atoms with van der Waals surface area (Å²) in [5, 5.41) is 0. The molecule has 1 fully saturated rings. The lowest BCUT2D eigenvalue weighted by Crippen LogP contribution is -2.38. The van der Waals surface area contributed by atoms with Crippen molar-refractivity contribution >= 4 is 22.8 Å². The number of nitrogens with zero attached hydrogens (tertiary/aromatic N) is 1. The van der Waals surface area contributed by atoms with E-state index in [0.29, 0.717) is 36.6 Å². The second-order valence-electron chi connectivity index (χ2n) is 3.63. The summed E-state index contributed by atoms with van der Waals surface area (Å²) in [6.07, 6.45) is 0.538. The van der Waals surface area contributed by atoms with Gasteiger partial charge in [0.15, 0.2) is 6.29 Å². The molecule has 0 bridgehead atoms. The standard InChI is InChI=1S/C11H12FNO2S/c12-10-2-1-3-11(9(10)8-14)13-4-6-16(15)7-5-13/h1-3,8H,4-7H2. The molecule has 0 atom stereocenters. The van der Waals surface area contributed by atoms with E-state index in [2.05, 4.69) is 0 Å². The number of benzene rings is 1. The van der Waals surface area contributed by atoms with Crippen LogP contribution in [0, 0.1) is 5.82 Å². The van der Waals surface area contributed by atoms with Gasteiger partial charge in [-0.3, -0.25) is 9.00 Å². The van der Waals surface area contributed by atoms with Crippen molar-refractivity contribution in [1.29, 1.82) is 0 Å². The number of halogens is 1. The van der Waals surface area contributed by atoms with E-state index in [0.717, 1.165) is 0 Å². The number of hydrogen-bond acceptors (Lipinski definition) is 3. The number of hydrogen-bond donors (Lipinski definition) is 0. The van der Waals surface area contributed by atoms with Gasteiger partial charge in [-0.15, -0.1) is 0 Å². The van der Waals surface area contributed by atoms with E-state index >= 15 is 0 Å². The molecule has 0 radical (unpaired) electrons. The van der Waals surface area contributed by atoms with Crippen molar-refractivity contribution in [3.8, 4) is 0 Å². The number of carbonyl (C=O) groups is 1. The summed E-state index contributed by atoms with van der Waals surface area (Å²) in [5.74, 6) is 0.656. The highest BCUT2D eigenvalue weighted by atomic mass is 32.2. The lowest BCUT2D eigenvalue weighted by atomic mass is 10.1. The zero-order valence-corrected chi connectivity index (χ0v) is 9.50. The topological polar surface area (TPSA) is 37.4 Å². The third kappa shape index (κ3) is 2.14.